The first-order chi connectivity index (χ1) is 23.2. The van der Waals surface area contributed by atoms with E-state index < -0.39 is 33.5 Å². The number of methoxy groups -OCH3 is 1. The number of sulfonamides is 1. The Morgan fingerprint density at radius 1 is 0.816 bits per heavy atom. The number of alkyl halides is 3. The minimum Gasteiger partial charge on any atom is -0.489 e. The van der Waals surface area contributed by atoms with E-state index in [1.807, 2.05) is 13.8 Å². The highest BCUT2D eigenvalue weighted by Gasteiger charge is 2.30. The molecule has 0 bridgehead atoms. The number of carbonyl (C=O) groups excluding carboxylic acids is 1. The molecule has 0 aliphatic heterocycles. The lowest BCUT2D eigenvalue weighted by atomic mass is 9.90. The van der Waals surface area contributed by atoms with Gasteiger partial charge in [-0.25, -0.2) is 17.6 Å². The normalized spacial score (nSPS) is 11.7. The number of benzene rings is 5. The van der Waals surface area contributed by atoms with E-state index in [0.29, 0.717) is 28.2 Å². The Balaban J connectivity index is 1.39. The zero-order valence-electron chi connectivity index (χ0n) is 26.5. The molecule has 0 fully saturated rings. The third kappa shape index (κ3) is 8.57. The van der Waals surface area contributed by atoms with Crippen LogP contribution in [0.2, 0.25) is 0 Å². The molecule has 49 heavy (non-hydrogen) atoms. The molecule has 1 N–H and O–H groups in total. The van der Waals surface area contributed by atoms with Crippen LogP contribution in [-0.2, 0) is 27.5 Å². The standard InChI is InChI=1S/C37H31F4NO6S/c1-23(2)32-21-35(42-49(44,45)31-17-15-29(16-18-31)48-28-13-11-27(38)12-14-28)34(36(43)46-3)20-33(32)25-9-7-24(8-10-25)22-47-30-6-4-5-26(19-30)37(39,40)41/h4-21,23,42H,22H2,1-3H3. The van der Waals surface area contributed by atoms with Crippen LogP contribution >= 0.6 is 0 Å². The zero-order valence-corrected chi connectivity index (χ0v) is 27.4. The number of anilines is 1. The molecule has 0 aliphatic rings. The molecule has 7 nitrogen and oxygen atoms in total. The van der Waals surface area contributed by atoms with Crippen LogP contribution < -0.4 is 14.2 Å². The first kappa shape index (κ1) is 35.0. The van der Waals surface area contributed by atoms with Crippen LogP contribution in [0.25, 0.3) is 11.1 Å². The summed E-state index contributed by atoms with van der Waals surface area (Å²) < 4.78 is 98.1. The highest BCUT2D eigenvalue weighted by atomic mass is 32.2. The summed E-state index contributed by atoms with van der Waals surface area (Å²) in [5.74, 6) is -0.493. The molecule has 0 saturated carbocycles. The monoisotopic (exact) mass is 693 g/mol. The fraction of sp³-hybridized carbons (Fsp3) is 0.162. The second kappa shape index (κ2) is 14.4. The van der Waals surface area contributed by atoms with Crippen molar-refractivity contribution in [2.75, 3.05) is 11.8 Å². The maximum absolute atomic E-state index is 13.5. The van der Waals surface area contributed by atoms with E-state index in [2.05, 4.69) is 4.72 Å². The van der Waals surface area contributed by atoms with Gasteiger partial charge in [-0.15, -0.1) is 0 Å². The van der Waals surface area contributed by atoms with Gasteiger partial charge in [0.1, 0.15) is 29.7 Å². The van der Waals surface area contributed by atoms with E-state index >= 15 is 0 Å². The Labute approximate surface area is 281 Å². The van der Waals surface area contributed by atoms with Crippen molar-refractivity contribution in [3.05, 3.63) is 137 Å². The van der Waals surface area contributed by atoms with Crippen LogP contribution in [-0.4, -0.2) is 21.5 Å². The summed E-state index contributed by atoms with van der Waals surface area (Å²) in [6.07, 6.45) is -4.48. The van der Waals surface area contributed by atoms with Crippen molar-refractivity contribution in [1.82, 2.24) is 0 Å². The van der Waals surface area contributed by atoms with Gasteiger partial charge >= 0.3 is 12.1 Å². The minimum atomic E-state index is -4.48. The van der Waals surface area contributed by atoms with Crippen molar-refractivity contribution in [1.29, 1.82) is 0 Å². The van der Waals surface area contributed by atoms with Gasteiger partial charge in [-0.3, -0.25) is 4.72 Å². The van der Waals surface area contributed by atoms with E-state index in [4.69, 9.17) is 14.2 Å². The van der Waals surface area contributed by atoms with E-state index in [-0.39, 0.29) is 34.4 Å². The van der Waals surface area contributed by atoms with Crippen LogP contribution in [0.4, 0.5) is 23.2 Å². The lowest BCUT2D eigenvalue weighted by molar-refractivity contribution is -0.137. The Morgan fingerprint density at radius 3 is 2.04 bits per heavy atom. The highest BCUT2D eigenvalue weighted by Crippen LogP contribution is 2.36. The minimum absolute atomic E-state index is 0.0151. The van der Waals surface area contributed by atoms with Crippen molar-refractivity contribution in [3.63, 3.8) is 0 Å². The predicted octanol–water partition coefficient (Wildman–Crippen LogP) is 9.59. The number of rotatable bonds is 11. The van der Waals surface area contributed by atoms with Crippen molar-refractivity contribution >= 4 is 21.7 Å². The smallest absolute Gasteiger partial charge is 0.416 e. The molecule has 254 valence electrons. The number of hydrogen-bond donors (Lipinski definition) is 1. The molecule has 5 rings (SSSR count). The molecule has 5 aromatic carbocycles. The third-order valence-electron chi connectivity index (χ3n) is 7.48. The number of halogens is 4. The van der Waals surface area contributed by atoms with E-state index in [9.17, 15) is 30.8 Å². The van der Waals surface area contributed by atoms with E-state index in [0.717, 1.165) is 17.7 Å². The zero-order chi connectivity index (χ0) is 35.3. The average molecular weight is 694 g/mol. The Hall–Kier alpha value is -5.36. The summed E-state index contributed by atoms with van der Waals surface area (Å²) in [5, 5.41) is 0. The lowest BCUT2D eigenvalue weighted by Gasteiger charge is -2.19. The molecule has 0 aromatic heterocycles. The molecular weight excluding hydrogens is 662 g/mol. The molecule has 12 heteroatoms. The van der Waals surface area contributed by atoms with Gasteiger partial charge in [-0.2, -0.15) is 13.2 Å². The molecule has 0 saturated heterocycles. The van der Waals surface area contributed by atoms with Crippen LogP contribution in [0.5, 0.6) is 17.2 Å². The van der Waals surface area contributed by atoms with Crippen molar-refractivity contribution in [3.8, 4) is 28.4 Å². The fourth-order valence-corrected chi connectivity index (χ4v) is 6.02. The quantitative estimate of drug-likeness (QED) is 0.109. The second-order valence-electron chi connectivity index (χ2n) is 11.3. The Kier molecular flexibility index (Phi) is 10.3. The summed E-state index contributed by atoms with van der Waals surface area (Å²) >= 11 is 0. The third-order valence-corrected chi connectivity index (χ3v) is 8.86. The summed E-state index contributed by atoms with van der Waals surface area (Å²) in [6, 6.07) is 25.8. The number of nitrogens with one attached hydrogen (secondary N) is 1. The number of hydrogen-bond acceptors (Lipinski definition) is 6. The topological polar surface area (TPSA) is 90.9 Å². The molecule has 0 aliphatic carbocycles. The van der Waals surface area contributed by atoms with Gasteiger partial charge < -0.3 is 14.2 Å². The Morgan fingerprint density at radius 2 is 1.45 bits per heavy atom. The summed E-state index contributed by atoms with van der Waals surface area (Å²) in [4.78, 5) is 12.8. The number of carbonyl (C=O) groups is 1. The molecule has 0 radical (unpaired) electrons. The molecule has 0 amide bonds. The van der Waals surface area contributed by atoms with E-state index in [1.54, 1.807) is 36.4 Å². The van der Waals surface area contributed by atoms with Crippen molar-refractivity contribution < 1.29 is 45.0 Å². The molecule has 0 heterocycles. The Bertz CT molecular complexity index is 2050. The van der Waals surface area contributed by atoms with Crippen LogP contribution in [0.15, 0.2) is 114 Å². The number of ether oxygens (including phenoxy) is 3. The van der Waals surface area contributed by atoms with Crippen LogP contribution in [0.1, 0.15) is 46.8 Å². The maximum atomic E-state index is 13.5. The SMILES string of the molecule is COC(=O)c1cc(-c2ccc(COc3cccc(C(F)(F)F)c3)cc2)c(C(C)C)cc1NS(=O)(=O)c1ccc(Oc2ccc(F)cc2)cc1. The summed E-state index contributed by atoms with van der Waals surface area (Å²) in [5.41, 5.74) is 2.00. The second-order valence-corrected chi connectivity index (χ2v) is 13.0. The van der Waals surface area contributed by atoms with Gasteiger partial charge in [0.2, 0.25) is 0 Å². The van der Waals surface area contributed by atoms with E-state index in [1.165, 1.54) is 67.8 Å². The lowest BCUT2D eigenvalue weighted by Crippen LogP contribution is -2.17. The first-order valence-corrected chi connectivity index (χ1v) is 16.4. The number of esters is 1. The van der Waals surface area contributed by atoms with Crippen LogP contribution in [0.3, 0.4) is 0 Å². The van der Waals surface area contributed by atoms with Gasteiger partial charge in [0.25, 0.3) is 10.0 Å². The highest BCUT2D eigenvalue weighted by molar-refractivity contribution is 7.92. The maximum Gasteiger partial charge on any atom is 0.416 e. The van der Waals surface area contributed by atoms with Crippen LogP contribution in [0, 0.1) is 5.82 Å². The largest absolute Gasteiger partial charge is 0.489 e. The molecule has 0 unspecified atom stereocenters. The predicted molar refractivity (Wildman–Crippen MR) is 177 cm³/mol. The van der Waals surface area contributed by atoms with Gasteiger partial charge in [0.05, 0.1) is 28.8 Å². The van der Waals surface area contributed by atoms with Crippen molar-refractivity contribution in [2.45, 2.75) is 37.4 Å². The van der Waals surface area contributed by atoms with Gasteiger partial charge in [0.15, 0.2) is 0 Å². The summed E-state index contributed by atoms with van der Waals surface area (Å²) in [6.45, 7) is 3.87. The van der Waals surface area contributed by atoms with Gasteiger partial charge in [-0.05, 0) is 107 Å². The van der Waals surface area contributed by atoms with Gasteiger partial charge in [0, 0.05) is 0 Å². The average Bonchev–Trinajstić information content (AvgIpc) is 3.08. The molecule has 5 aromatic rings. The molecular formula is C37H31F4NO6S. The first-order valence-electron chi connectivity index (χ1n) is 15.0. The fourth-order valence-electron chi connectivity index (χ4n) is 4.95. The van der Waals surface area contributed by atoms with Gasteiger partial charge in [-0.1, -0.05) is 44.2 Å². The molecule has 0 atom stereocenters. The molecule has 0 spiro atoms. The summed E-state index contributed by atoms with van der Waals surface area (Å²) in [7, 11) is -2.99. The van der Waals surface area contributed by atoms with Crippen molar-refractivity contribution in [2.24, 2.45) is 0 Å².